The van der Waals surface area contributed by atoms with E-state index in [0.717, 1.165) is 18.4 Å². The van der Waals surface area contributed by atoms with Crippen LogP contribution in [0.5, 0.6) is 0 Å². The van der Waals surface area contributed by atoms with E-state index < -0.39 is 0 Å². The van der Waals surface area contributed by atoms with Gasteiger partial charge in [-0.05, 0) is 43.4 Å². The van der Waals surface area contributed by atoms with Gasteiger partial charge in [-0.15, -0.1) is 0 Å². The fraction of sp³-hybridized carbons (Fsp3) is 0.533. The number of carbonyl (C=O) groups excluding carboxylic acids is 1. The lowest BCUT2D eigenvalue weighted by atomic mass is 10.0. The zero-order valence-electron chi connectivity index (χ0n) is 11.7. The Morgan fingerprint density at radius 1 is 1.16 bits per heavy atom. The molecule has 0 saturated heterocycles. The number of hydrogen-bond acceptors (Lipinski definition) is 1. The van der Waals surface area contributed by atoms with Gasteiger partial charge in [0.1, 0.15) is 0 Å². The number of benzene rings is 1. The molecule has 0 spiro atoms. The summed E-state index contributed by atoms with van der Waals surface area (Å²) in [5, 5.41) is 4.00. The highest BCUT2D eigenvalue weighted by atomic mass is 35.5. The van der Waals surface area contributed by atoms with E-state index in [4.69, 9.17) is 23.2 Å². The highest BCUT2D eigenvalue weighted by Crippen LogP contribution is 2.22. The quantitative estimate of drug-likeness (QED) is 0.825. The lowest BCUT2D eigenvalue weighted by molar-refractivity contribution is -0.121. The second-order valence-electron chi connectivity index (χ2n) is 5.36. The second-order valence-corrected chi connectivity index (χ2v) is 6.18. The summed E-state index contributed by atoms with van der Waals surface area (Å²) in [5.41, 5.74) is 0.878. The van der Waals surface area contributed by atoms with Crippen LogP contribution in [0.3, 0.4) is 0 Å². The van der Waals surface area contributed by atoms with Crippen molar-refractivity contribution in [1.29, 1.82) is 0 Å². The first kappa shape index (κ1) is 16.3. The molecule has 0 radical (unpaired) electrons. The molecule has 19 heavy (non-hydrogen) atoms. The summed E-state index contributed by atoms with van der Waals surface area (Å²) >= 11 is 11.8. The average Bonchev–Trinajstić information content (AvgIpc) is 2.31. The van der Waals surface area contributed by atoms with Crippen molar-refractivity contribution < 1.29 is 4.79 Å². The van der Waals surface area contributed by atoms with Gasteiger partial charge in [0.15, 0.2) is 0 Å². The Morgan fingerprint density at radius 3 is 2.42 bits per heavy atom. The van der Waals surface area contributed by atoms with Crippen LogP contribution in [-0.4, -0.2) is 11.9 Å². The molecule has 1 atom stereocenters. The van der Waals surface area contributed by atoms with Gasteiger partial charge in [-0.2, -0.15) is 0 Å². The SMILES string of the molecule is CC(C)CCC(C)NC(=O)Cc1ccc(Cl)c(Cl)c1. The zero-order chi connectivity index (χ0) is 14.4. The molecule has 1 aromatic carbocycles. The fourth-order valence-corrected chi connectivity index (χ4v) is 2.14. The molecule has 0 aliphatic rings. The van der Waals surface area contributed by atoms with Crippen LogP contribution < -0.4 is 5.32 Å². The fourth-order valence-electron chi connectivity index (χ4n) is 1.82. The van der Waals surface area contributed by atoms with Crippen LogP contribution >= 0.6 is 23.2 Å². The Labute approximate surface area is 125 Å². The van der Waals surface area contributed by atoms with Crippen molar-refractivity contribution in [1.82, 2.24) is 5.32 Å². The maximum Gasteiger partial charge on any atom is 0.224 e. The normalized spacial score (nSPS) is 12.5. The molecule has 2 nitrogen and oxygen atoms in total. The van der Waals surface area contributed by atoms with E-state index in [1.807, 2.05) is 13.0 Å². The third-order valence-corrected chi connectivity index (χ3v) is 3.67. The summed E-state index contributed by atoms with van der Waals surface area (Å²) < 4.78 is 0. The zero-order valence-corrected chi connectivity index (χ0v) is 13.2. The summed E-state index contributed by atoms with van der Waals surface area (Å²) in [6.45, 7) is 6.41. The summed E-state index contributed by atoms with van der Waals surface area (Å²) in [6, 6.07) is 5.49. The minimum atomic E-state index is 0.0228. The Bertz CT molecular complexity index is 432. The minimum absolute atomic E-state index is 0.0228. The van der Waals surface area contributed by atoms with Gasteiger partial charge in [0, 0.05) is 6.04 Å². The number of amides is 1. The highest BCUT2D eigenvalue weighted by molar-refractivity contribution is 6.42. The number of rotatable bonds is 6. The van der Waals surface area contributed by atoms with Crippen molar-refractivity contribution in [3.05, 3.63) is 33.8 Å². The van der Waals surface area contributed by atoms with Gasteiger partial charge in [-0.1, -0.05) is 43.1 Å². The lowest BCUT2D eigenvalue weighted by Gasteiger charge is -2.15. The standard InChI is InChI=1S/C15H21Cl2NO/c1-10(2)4-5-11(3)18-15(19)9-12-6-7-13(16)14(17)8-12/h6-8,10-11H,4-5,9H2,1-3H3,(H,18,19). The molecule has 1 N–H and O–H groups in total. The first-order chi connectivity index (χ1) is 8.88. The maximum absolute atomic E-state index is 11.9. The largest absolute Gasteiger partial charge is 0.353 e. The van der Waals surface area contributed by atoms with Gasteiger partial charge in [-0.3, -0.25) is 4.79 Å². The number of nitrogens with one attached hydrogen (secondary N) is 1. The van der Waals surface area contributed by atoms with Gasteiger partial charge in [0.05, 0.1) is 16.5 Å². The third-order valence-electron chi connectivity index (χ3n) is 2.93. The molecule has 0 saturated carbocycles. The molecule has 106 valence electrons. The predicted molar refractivity (Wildman–Crippen MR) is 81.8 cm³/mol. The van der Waals surface area contributed by atoms with Crippen molar-refractivity contribution >= 4 is 29.1 Å². The smallest absolute Gasteiger partial charge is 0.224 e. The molecule has 0 aliphatic carbocycles. The number of halogens is 2. The molecule has 4 heteroatoms. The second kappa shape index (κ2) is 7.76. The van der Waals surface area contributed by atoms with E-state index in [0.29, 0.717) is 22.4 Å². The predicted octanol–water partition coefficient (Wildman–Crippen LogP) is 4.48. The van der Waals surface area contributed by atoms with Gasteiger partial charge in [0.25, 0.3) is 0 Å². The molecule has 1 amide bonds. The Balaban J connectivity index is 2.44. The van der Waals surface area contributed by atoms with E-state index in [2.05, 4.69) is 19.2 Å². The van der Waals surface area contributed by atoms with Crippen LogP contribution in [0.1, 0.15) is 39.2 Å². The molecule has 0 aromatic heterocycles. The monoisotopic (exact) mass is 301 g/mol. The summed E-state index contributed by atoms with van der Waals surface area (Å²) in [7, 11) is 0. The minimum Gasteiger partial charge on any atom is -0.353 e. The lowest BCUT2D eigenvalue weighted by Crippen LogP contribution is -2.33. The van der Waals surface area contributed by atoms with Crippen molar-refractivity contribution in [2.45, 2.75) is 46.1 Å². The topological polar surface area (TPSA) is 29.1 Å². The van der Waals surface area contributed by atoms with Crippen LogP contribution in [0.25, 0.3) is 0 Å². The van der Waals surface area contributed by atoms with Crippen molar-refractivity contribution in [2.24, 2.45) is 5.92 Å². The summed E-state index contributed by atoms with van der Waals surface area (Å²) in [4.78, 5) is 11.9. The van der Waals surface area contributed by atoms with Crippen LogP contribution in [-0.2, 0) is 11.2 Å². The van der Waals surface area contributed by atoms with Crippen LogP contribution in [0.2, 0.25) is 10.0 Å². The van der Waals surface area contributed by atoms with E-state index in [9.17, 15) is 4.79 Å². The van der Waals surface area contributed by atoms with E-state index in [1.165, 1.54) is 0 Å². The van der Waals surface area contributed by atoms with Crippen LogP contribution in [0.15, 0.2) is 18.2 Å². The van der Waals surface area contributed by atoms with Gasteiger partial charge in [0.2, 0.25) is 5.91 Å². The number of carbonyl (C=O) groups is 1. The Hall–Kier alpha value is -0.730. The third kappa shape index (κ3) is 6.31. The van der Waals surface area contributed by atoms with Crippen molar-refractivity contribution in [2.75, 3.05) is 0 Å². The molecular weight excluding hydrogens is 281 g/mol. The first-order valence-corrected chi connectivity index (χ1v) is 7.37. The van der Waals surface area contributed by atoms with E-state index >= 15 is 0 Å². The van der Waals surface area contributed by atoms with Crippen molar-refractivity contribution in [3.63, 3.8) is 0 Å². The highest BCUT2D eigenvalue weighted by Gasteiger charge is 2.09. The average molecular weight is 302 g/mol. The van der Waals surface area contributed by atoms with Crippen molar-refractivity contribution in [3.8, 4) is 0 Å². The molecule has 1 aromatic rings. The molecule has 0 heterocycles. The van der Waals surface area contributed by atoms with Crippen LogP contribution in [0, 0.1) is 5.92 Å². The molecule has 1 rings (SSSR count). The van der Waals surface area contributed by atoms with Gasteiger partial charge in [-0.25, -0.2) is 0 Å². The summed E-state index contributed by atoms with van der Waals surface area (Å²) in [5.74, 6) is 0.684. The van der Waals surface area contributed by atoms with Gasteiger partial charge >= 0.3 is 0 Å². The van der Waals surface area contributed by atoms with Crippen LogP contribution in [0.4, 0.5) is 0 Å². The van der Waals surface area contributed by atoms with Gasteiger partial charge < -0.3 is 5.32 Å². The summed E-state index contributed by atoms with van der Waals surface area (Å²) in [6.07, 6.45) is 2.46. The molecule has 0 bridgehead atoms. The maximum atomic E-state index is 11.9. The Kier molecular flexibility index (Phi) is 6.67. The first-order valence-electron chi connectivity index (χ1n) is 6.61. The molecule has 0 fully saturated rings. The van der Waals surface area contributed by atoms with E-state index in [-0.39, 0.29) is 11.9 Å². The Morgan fingerprint density at radius 2 is 1.84 bits per heavy atom. The molecule has 1 unspecified atom stereocenters. The number of hydrogen-bond donors (Lipinski definition) is 1. The molecule has 0 aliphatic heterocycles. The van der Waals surface area contributed by atoms with E-state index in [1.54, 1.807) is 12.1 Å². The molecular formula is C15H21Cl2NO.